The largest absolute Gasteiger partial charge is 0.239 e. The monoisotopic (exact) mass is 154 g/mol. The van der Waals surface area contributed by atoms with E-state index in [1.165, 1.54) is 25.9 Å². The van der Waals surface area contributed by atoms with Crippen molar-refractivity contribution < 1.29 is 4.58 Å². The highest BCUT2D eigenvalue weighted by molar-refractivity contribution is 5.55. The quantitative estimate of drug-likeness (QED) is 0.536. The highest BCUT2D eigenvalue weighted by Crippen LogP contribution is 2.14. The lowest BCUT2D eigenvalue weighted by molar-refractivity contribution is -0.537. The van der Waals surface area contributed by atoms with Crippen LogP contribution in [0.4, 0.5) is 0 Å². The van der Waals surface area contributed by atoms with E-state index in [4.69, 9.17) is 0 Å². The van der Waals surface area contributed by atoms with Gasteiger partial charge >= 0.3 is 0 Å². The van der Waals surface area contributed by atoms with E-state index in [0.29, 0.717) is 0 Å². The summed E-state index contributed by atoms with van der Waals surface area (Å²) >= 11 is 0. The van der Waals surface area contributed by atoms with Crippen molar-refractivity contribution in [1.82, 2.24) is 0 Å². The van der Waals surface area contributed by atoms with E-state index >= 15 is 0 Å². The normalized spacial score (nSPS) is 31.7. The SMILES string of the molecule is CCC[N+]1=CC(C)CC(C)C1. The summed E-state index contributed by atoms with van der Waals surface area (Å²) in [6, 6.07) is 0. The second-order valence-electron chi connectivity index (χ2n) is 3.96. The molecule has 1 heteroatoms. The molecule has 0 fully saturated rings. The fourth-order valence-electron chi connectivity index (χ4n) is 2.04. The maximum Gasteiger partial charge on any atom is 0.145 e. The maximum atomic E-state index is 2.48. The van der Waals surface area contributed by atoms with Gasteiger partial charge < -0.3 is 0 Å². The first kappa shape index (κ1) is 8.76. The predicted molar refractivity (Wildman–Crippen MR) is 49.3 cm³/mol. The molecule has 0 aromatic rings. The molecule has 2 unspecified atom stereocenters. The molecule has 0 aliphatic carbocycles. The second kappa shape index (κ2) is 3.89. The Morgan fingerprint density at radius 1 is 1.45 bits per heavy atom. The Bertz CT molecular complexity index is 149. The summed E-state index contributed by atoms with van der Waals surface area (Å²) in [5.41, 5.74) is 0. The minimum Gasteiger partial charge on any atom is -0.239 e. The van der Waals surface area contributed by atoms with Gasteiger partial charge in [0.25, 0.3) is 0 Å². The lowest BCUT2D eigenvalue weighted by Crippen LogP contribution is -2.29. The first-order valence-corrected chi connectivity index (χ1v) is 4.81. The molecular weight excluding hydrogens is 134 g/mol. The molecule has 0 radical (unpaired) electrons. The minimum absolute atomic E-state index is 0.797. The molecule has 0 saturated heterocycles. The molecule has 1 aliphatic heterocycles. The molecule has 11 heavy (non-hydrogen) atoms. The maximum absolute atomic E-state index is 2.48. The van der Waals surface area contributed by atoms with E-state index in [0.717, 1.165) is 11.8 Å². The van der Waals surface area contributed by atoms with Gasteiger partial charge in [0.15, 0.2) is 0 Å². The molecule has 0 N–H and O–H groups in total. The molecule has 1 aliphatic rings. The zero-order chi connectivity index (χ0) is 8.27. The average Bonchev–Trinajstić information content (AvgIpc) is 1.85. The molecule has 0 spiro atoms. The van der Waals surface area contributed by atoms with E-state index in [1.807, 2.05) is 0 Å². The molecule has 64 valence electrons. The van der Waals surface area contributed by atoms with Gasteiger partial charge in [0.05, 0.1) is 0 Å². The van der Waals surface area contributed by atoms with Gasteiger partial charge in [0.2, 0.25) is 0 Å². The molecule has 0 amide bonds. The summed E-state index contributed by atoms with van der Waals surface area (Å²) in [7, 11) is 0. The van der Waals surface area contributed by atoms with Crippen LogP contribution in [0.1, 0.15) is 33.6 Å². The smallest absolute Gasteiger partial charge is 0.145 e. The average molecular weight is 154 g/mol. The van der Waals surface area contributed by atoms with Gasteiger partial charge in [-0.1, -0.05) is 20.8 Å². The van der Waals surface area contributed by atoms with E-state index < -0.39 is 0 Å². The Hall–Kier alpha value is -0.330. The number of rotatable bonds is 2. The summed E-state index contributed by atoms with van der Waals surface area (Å²) < 4.78 is 2.48. The summed E-state index contributed by atoms with van der Waals surface area (Å²) in [4.78, 5) is 0. The third-order valence-corrected chi connectivity index (χ3v) is 2.30. The summed E-state index contributed by atoms with van der Waals surface area (Å²) in [6.07, 6.45) is 5.06. The van der Waals surface area contributed by atoms with Gasteiger partial charge in [0, 0.05) is 18.3 Å². The summed E-state index contributed by atoms with van der Waals surface area (Å²) in [5, 5.41) is 0. The first-order chi connectivity index (χ1) is 5.22. The number of hydrogen-bond acceptors (Lipinski definition) is 0. The van der Waals surface area contributed by atoms with Gasteiger partial charge in [0.1, 0.15) is 19.3 Å². The van der Waals surface area contributed by atoms with E-state index in [9.17, 15) is 0 Å². The van der Waals surface area contributed by atoms with Crippen LogP contribution in [0.3, 0.4) is 0 Å². The Balaban J connectivity index is 2.49. The lowest BCUT2D eigenvalue weighted by atomic mass is 9.95. The van der Waals surface area contributed by atoms with E-state index in [2.05, 4.69) is 31.6 Å². The van der Waals surface area contributed by atoms with Crippen LogP contribution in [-0.2, 0) is 0 Å². The van der Waals surface area contributed by atoms with Gasteiger partial charge in [-0.3, -0.25) is 0 Å². The van der Waals surface area contributed by atoms with Gasteiger partial charge in [-0.25, -0.2) is 4.58 Å². The van der Waals surface area contributed by atoms with Crippen LogP contribution in [0.2, 0.25) is 0 Å². The Labute approximate surface area is 70.1 Å². The fourth-order valence-corrected chi connectivity index (χ4v) is 2.04. The molecule has 0 saturated carbocycles. The summed E-state index contributed by atoms with van der Waals surface area (Å²) in [5.74, 6) is 1.69. The fraction of sp³-hybridized carbons (Fsp3) is 0.900. The molecule has 1 rings (SSSR count). The van der Waals surface area contributed by atoms with Crippen molar-refractivity contribution in [3.05, 3.63) is 0 Å². The highest BCUT2D eigenvalue weighted by Gasteiger charge is 2.20. The van der Waals surface area contributed by atoms with Gasteiger partial charge in [-0.05, 0) is 6.42 Å². The first-order valence-electron chi connectivity index (χ1n) is 4.81. The Kier molecular flexibility index (Phi) is 3.10. The molecule has 0 aromatic heterocycles. The molecule has 1 nitrogen and oxygen atoms in total. The Morgan fingerprint density at radius 2 is 2.18 bits per heavy atom. The van der Waals surface area contributed by atoms with Crippen molar-refractivity contribution in [2.24, 2.45) is 11.8 Å². The van der Waals surface area contributed by atoms with Crippen molar-refractivity contribution >= 4 is 6.21 Å². The third-order valence-electron chi connectivity index (χ3n) is 2.30. The summed E-state index contributed by atoms with van der Waals surface area (Å²) in [6.45, 7) is 9.44. The molecule has 2 atom stereocenters. The van der Waals surface area contributed by atoms with Crippen LogP contribution in [0, 0.1) is 11.8 Å². The lowest BCUT2D eigenvalue weighted by Gasteiger charge is -2.18. The van der Waals surface area contributed by atoms with Crippen LogP contribution in [0.5, 0.6) is 0 Å². The zero-order valence-electron chi connectivity index (χ0n) is 8.01. The van der Waals surface area contributed by atoms with Crippen LogP contribution in [0.15, 0.2) is 0 Å². The van der Waals surface area contributed by atoms with E-state index in [1.54, 1.807) is 0 Å². The highest BCUT2D eigenvalue weighted by atomic mass is 15.0. The molecular formula is C10H20N+. The van der Waals surface area contributed by atoms with Crippen LogP contribution < -0.4 is 0 Å². The minimum atomic E-state index is 0.797. The van der Waals surface area contributed by atoms with Crippen molar-refractivity contribution in [3.63, 3.8) is 0 Å². The Morgan fingerprint density at radius 3 is 2.73 bits per heavy atom. The van der Waals surface area contributed by atoms with Crippen LogP contribution >= 0.6 is 0 Å². The van der Waals surface area contributed by atoms with Crippen molar-refractivity contribution in [3.8, 4) is 0 Å². The number of nitrogens with zero attached hydrogens (tertiary/aromatic N) is 1. The predicted octanol–water partition coefficient (Wildman–Crippen LogP) is 2.16. The number of hydrogen-bond donors (Lipinski definition) is 0. The standard InChI is InChI=1S/C10H20N/c1-4-5-11-7-9(2)6-10(3)8-11/h7,9-10H,4-6,8H2,1-3H3/q+1. The van der Waals surface area contributed by atoms with E-state index in [-0.39, 0.29) is 0 Å². The molecule has 0 bridgehead atoms. The van der Waals surface area contributed by atoms with Crippen molar-refractivity contribution in [2.75, 3.05) is 13.1 Å². The van der Waals surface area contributed by atoms with Crippen molar-refractivity contribution in [1.29, 1.82) is 0 Å². The van der Waals surface area contributed by atoms with Gasteiger partial charge in [-0.15, -0.1) is 0 Å². The third kappa shape index (κ3) is 2.64. The molecule has 1 heterocycles. The topological polar surface area (TPSA) is 3.01 Å². The van der Waals surface area contributed by atoms with Crippen molar-refractivity contribution in [2.45, 2.75) is 33.6 Å². The van der Waals surface area contributed by atoms with Gasteiger partial charge in [-0.2, -0.15) is 0 Å². The zero-order valence-corrected chi connectivity index (χ0v) is 8.01. The molecule has 0 aromatic carbocycles. The van der Waals surface area contributed by atoms with Crippen LogP contribution in [0.25, 0.3) is 0 Å². The second-order valence-corrected chi connectivity index (χ2v) is 3.96. The van der Waals surface area contributed by atoms with Crippen LogP contribution in [-0.4, -0.2) is 23.9 Å².